The summed E-state index contributed by atoms with van der Waals surface area (Å²) in [7, 11) is 1.45. The largest absolute Gasteiger partial charge is 0.469 e. The van der Waals surface area contributed by atoms with Crippen LogP contribution in [-0.4, -0.2) is 26.2 Å². The fourth-order valence-electron chi connectivity index (χ4n) is 1.88. The summed E-state index contributed by atoms with van der Waals surface area (Å²) in [4.78, 5) is 11.1. The van der Waals surface area contributed by atoms with Crippen molar-refractivity contribution in [2.75, 3.05) is 20.2 Å². The number of hydrogen-bond acceptors (Lipinski definition) is 3. The maximum atomic E-state index is 11.1. The summed E-state index contributed by atoms with van der Waals surface area (Å²) in [6.07, 6.45) is 1.63. The lowest BCUT2D eigenvalue weighted by molar-refractivity contribution is -0.143. The van der Waals surface area contributed by atoms with Crippen LogP contribution in [0.4, 0.5) is 0 Å². The maximum Gasteiger partial charge on any atom is 0.305 e. The predicted octanol–water partition coefficient (Wildman–Crippen LogP) is 1.19. The number of methoxy groups -OCH3 is 1. The second kappa shape index (κ2) is 4.09. The van der Waals surface area contributed by atoms with Crippen LogP contribution >= 0.6 is 0 Å². The van der Waals surface area contributed by atoms with Crippen LogP contribution in [0.3, 0.4) is 0 Å². The molecule has 1 rings (SSSR count). The third-order valence-corrected chi connectivity index (χ3v) is 3.00. The molecule has 1 unspecified atom stereocenters. The molecule has 0 radical (unpaired) electrons. The molecule has 0 aliphatic carbocycles. The molecular weight excluding hydrogens is 166 g/mol. The fourth-order valence-corrected chi connectivity index (χ4v) is 1.88. The minimum Gasteiger partial charge on any atom is -0.469 e. The summed E-state index contributed by atoms with van der Waals surface area (Å²) >= 11 is 0. The van der Waals surface area contributed by atoms with Gasteiger partial charge in [-0.25, -0.2) is 0 Å². The van der Waals surface area contributed by atoms with Gasteiger partial charge in [-0.15, -0.1) is 0 Å². The molecule has 1 saturated heterocycles. The zero-order chi connectivity index (χ0) is 9.90. The van der Waals surface area contributed by atoms with E-state index in [-0.39, 0.29) is 11.4 Å². The molecule has 0 amide bonds. The highest BCUT2D eigenvalue weighted by Gasteiger charge is 2.33. The lowest BCUT2D eigenvalue weighted by Gasteiger charge is -2.38. The van der Waals surface area contributed by atoms with Gasteiger partial charge in [0.05, 0.1) is 7.11 Å². The summed E-state index contributed by atoms with van der Waals surface area (Å²) in [6, 6.07) is 0. The van der Waals surface area contributed by atoms with E-state index in [0.29, 0.717) is 12.3 Å². The highest BCUT2D eigenvalue weighted by atomic mass is 16.5. The summed E-state index contributed by atoms with van der Waals surface area (Å²) in [5.74, 6) is 0.376. The molecule has 0 aromatic heterocycles. The molecule has 13 heavy (non-hydrogen) atoms. The lowest BCUT2D eigenvalue weighted by atomic mass is 9.73. The third-order valence-electron chi connectivity index (χ3n) is 3.00. The number of nitrogens with one attached hydrogen (secondary N) is 1. The van der Waals surface area contributed by atoms with Crippen molar-refractivity contribution in [3.05, 3.63) is 0 Å². The van der Waals surface area contributed by atoms with Gasteiger partial charge >= 0.3 is 5.97 Å². The Morgan fingerprint density at radius 2 is 2.31 bits per heavy atom. The average molecular weight is 185 g/mol. The van der Waals surface area contributed by atoms with Crippen molar-refractivity contribution in [2.45, 2.75) is 26.7 Å². The van der Waals surface area contributed by atoms with Crippen molar-refractivity contribution in [1.82, 2.24) is 5.32 Å². The van der Waals surface area contributed by atoms with E-state index >= 15 is 0 Å². The molecule has 76 valence electrons. The van der Waals surface area contributed by atoms with Gasteiger partial charge in [0.1, 0.15) is 0 Å². The van der Waals surface area contributed by atoms with E-state index in [1.165, 1.54) is 7.11 Å². The van der Waals surface area contributed by atoms with Gasteiger partial charge in [-0.05, 0) is 24.3 Å². The van der Waals surface area contributed by atoms with E-state index < -0.39 is 0 Å². The molecule has 1 heterocycles. The van der Waals surface area contributed by atoms with E-state index in [4.69, 9.17) is 0 Å². The van der Waals surface area contributed by atoms with E-state index in [9.17, 15) is 4.79 Å². The van der Waals surface area contributed by atoms with Gasteiger partial charge in [-0.3, -0.25) is 4.79 Å². The minimum absolute atomic E-state index is 0.0834. The Morgan fingerprint density at radius 1 is 1.62 bits per heavy atom. The van der Waals surface area contributed by atoms with E-state index in [2.05, 4.69) is 23.9 Å². The zero-order valence-electron chi connectivity index (χ0n) is 8.72. The first kappa shape index (κ1) is 10.5. The average Bonchev–Trinajstić information content (AvgIpc) is 2.08. The van der Waals surface area contributed by atoms with Crippen LogP contribution in [0.15, 0.2) is 0 Å². The molecule has 0 aromatic rings. The third kappa shape index (κ3) is 2.69. The SMILES string of the molecule is COC(=O)CC1CCNCC1(C)C. The Kier molecular flexibility index (Phi) is 3.31. The standard InChI is InChI=1S/C10H19NO2/c1-10(2)7-11-5-4-8(10)6-9(12)13-3/h8,11H,4-7H2,1-3H3. The number of rotatable bonds is 2. The smallest absolute Gasteiger partial charge is 0.305 e. The van der Waals surface area contributed by atoms with Crippen LogP contribution in [0.2, 0.25) is 0 Å². The number of esters is 1. The van der Waals surface area contributed by atoms with E-state index in [1.807, 2.05) is 0 Å². The van der Waals surface area contributed by atoms with Crippen molar-refractivity contribution in [2.24, 2.45) is 11.3 Å². The molecule has 0 aromatic carbocycles. The number of hydrogen-bond donors (Lipinski definition) is 1. The molecular formula is C10H19NO2. The number of carbonyl (C=O) groups excluding carboxylic acids is 1. The van der Waals surface area contributed by atoms with Crippen molar-refractivity contribution in [1.29, 1.82) is 0 Å². The number of piperidine rings is 1. The van der Waals surface area contributed by atoms with Gasteiger partial charge in [-0.2, -0.15) is 0 Å². The van der Waals surface area contributed by atoms with Crippen LogP contribution in [0.5, 0.6) is 0 Å². The van der Waals surface area contributed by atoms with Crippen molar-refractivity contribution >= 4 is 5.97 Å². The normalized spacial score (nSPS) is 26.8. The van der Waals surface area contributed by atoms with Crippen molar-refractivity contribution in [3.8, 4) is 0 Å². The molecule has 1 aliphatic rings. The molecule has 3 nitrogen and oxygen atoms in total. The fraction of sp³-hybridized carbons (Fsp3) is 0.900. The van der Waals surface area contributed by atoms with Gasteiger partial charge in [-0.1, -0.05) is 13.8 Å². The van der Waals surface area contributed by atoms with Crippen LogP contribution in [0.25, 0.3) is 0 Å². The Balaban J connectivity index is 2.51. The second-order valence-corrected chi connectivity index (χ2v) is 4.43. The Hall–Kier alpha value is -0.570. The monoisotopic (exact) mass is 185 g/mol. The highest BCUT2D eigenvalue weighted by Crippen LogP contribution is 2.33. The van der Waals surface area contributed by atoms with E-state index in [1.54, 1.807) is 0 Å². The minimum atomic E-state index is -0.0834. The second-order valence-electron chi connectivity index (χ2n) is 4.43. The predicted molar refractivity (Wildman–Crippen MR) is 51.4 cm³/mol. The molecule has 0 saturated carbocycles. The zero-order valence-corrected chi connectivity index (χ0v) is 8.72. The van der Waals surface area contributed by atoms with Gasteiger partial charge < -0.3 is 10.1 Å². The first-order valence-electron chi connectivity index (χ1n) is 4.84. The topological polar surface area (TPSA) is 38.3 Å². The summed E-state index contributed by atoms with van der Waals surface area (Å²) < 4.78 is 4.69. The molecule has 1 fully saturated rings. The molecule has 0 spiro atoms. The van der Waals surface area contributed by atoms with Gasteiger partial charge in [0, 0.05) is 13.0 Å². The van der Waals surface area contributed by atoms with Gasteiger partial charge in [0.25, 0.3) is 0 Å². The number of carbonyl (C=O) groups is 1. The van der Waals surface area contributed by atoms with Crippen molar-refractivity contribution < 1.29 is 9.53 Å². The summed E-state index contributed by atoms with van der Waals surface area (Å²) in [5.41, 5.74) is 0.215. The van der Waals surface area contributed by atoms with Gasteiger partial charge in [0.2, 0.25) is 0 Å². The van der Waals surface area contributed by atoms with Crippen LogP contribution in [0.1, 0.15) is 26.7 Å². The quantitative estimate of drug-likeness (QED) is 0.657. The molecule has 3 heteroatoms. The molecule has 1 atom stereocenters. The van der Waals surface area contributed by atoms with Crippen LogP contribution in [-0.2, 0) is 9.53 Å². The van der Waals surface area contributed by atoms with Crippen molar-refractivity contribution in [3.63, 3.8) is 0 Å². The summed E-state index contributed by atoms with van der Waals surface area (Å²) in [6.45, 7) is 6.42. The first-order chi connectivity index (χ1) is 6.06. The molecule has 1 aliphatic heterocycles. The Labute approximate surface area is 79.8 Å². The highest BCUT2D eigenvalue weighted by molar-refractivity contribution is 5.69. The maximum absolute atomic E-state index is 11.1. The molecule has 1 N–H and O–H groups in total. The number of ether oxygens (including phenoxy) is 1. The first-order valence-corrected chi connectivity index (χ1v) is 4.84. The van der Waals surface area contributed by atoms with Crippen LogP contribution < -0.4 is 5.32 Å². The van der Waals surface area contributed by atoms with E-state index in [0.717, 1.165) is 19.5 Å². The lowest BCUT2D eigenvalue weighted by Crippen LogP contribution is -2.43. The van der Waals surface area contributed by atoms with Gasteiger partial charge in [0.15, 0.2) is 0 Å². The Bertz CT molecular complexity index is 189. The van der Waals surface area contributed by atoms with Crippen LogP contribution in [0, 0.1) is 11.3 Å². The Morgan fingerprint density at radius 3 is 2.85 bits per heavy atom. The summed E-state index contributed by atoms with van der Waals surface area (Å²) in [5, 5.41) is 3.34. The molecule has 0 bridgehead atoms.